The van der Waals surface area contributed by atoms with E-state index in [0.717, 1.165) is 16.2 Å². The van der Waals surface area contributed by atoms with Crippen molar-refractivity contribution in [2.24, 2.45) is 7.05 Å². The zero-order chi connectivity index (χ0) is 14.9. The highest BCUT2D eigenvalue weighted by atomic mass is 35.5. The summed E-state index contributed by atoms with van der Waals surface area (Å²) in [5.74, 6) is -1.36. The van der Waals surface area contributed by atoms with E-state index in [2.05, 4.69) is 10.4 Å². The average Bonchev–Trinajstić information content (AvgIpc) is 2.97. The molecule has 0 fully saturated rings. The van der Waals surface area contributed by atoms with Crippen LogP contribution in [0.15, 0.2) is 12.1 Å². The largest absolute Gasteiger partial charge is 0.477 e. The van der Waals surface area contributed by atoms with Gasteiger partial charge in [-0.3, -0.25) is 9.48 Å². The van der Waals surface area contributed by atoms with E-state index in [-0.39, 0.29) is 23.0 Å². The highest BCUT2D eigenvalue weighted by molar-refractivity contribution is 7.13. The summed E-state index contributed by atoms with van der Waals surface area (Å²) < 4.78 is 1.53. The maximum Gasteiger partial charge on any atom is 0.345 e. The van der Waals surface area contributed by atoms with Gasteiger partial charge in [0.15, 0.2) is 5.69 Å². The number of rotatable bonds is 4. The van der Waals surface area contributed by atoms with Crippen LogP contribution in [0.2, 0.25) is 5.02 Å². The molecule has 0 saturated carbocycles. The number of nitrogens with zero attached hydrogens (tertiary/aromatic N) is 2. The van der Waals surface area contributed by atoms with E-state index in [0.29, 0.717) is 10.7 Å². The van der Waals surface area contributed by atoms with E-state index < -0.39 is 5.97 Å². The molecule has 20 heavy (non-hydrogen) atoms. The quantitative estimate of drug-likeness (QED) is 0.905. The number of aromatic nitrogens is 2. The molecule has 1 amide bonds. The Kier molecular flexibility index (Phi) is 4.10. The molecule has 8 heteroatoms. The summed E-state index contributed by atoms with van der Waals surface area (Å²) in [6.45, 7) is 2.01. The van der Waals surface area contributed by atoms with Crippen molar-refractivity contribution in [1.82, 2.24) is 15.1 Å². The lowest BCUT2D eigenvalue weighted by molar-refractivity contribution is 0.0702. The SMILES string of the molecule is Cc1c(Cl)c(C(=O)NCc2ccc(C(=O)O)s2)nn1C. The molecule has 2 aromatic heterocycles. The van der Waals surface area contributed by atoms with E-state index in [1.807, 2.05) is 0 Å². The molecule has 2 N–H and O–H groups in total. The van der Waals surface area contributed by atoms with Crippen LogP contribution >= 0.6 is 22.9 Å². The molecule has 0 aromatic carbocycles. The molecule has 0 radical (unpaired) electrons. The van der Waals surface area contributed by atoms with Crippen molar-refractivity contribution in [3.05, 3.63) is 38.3 Å². The van der Waals surface area contributed by atoms with Gasteiger partial charge >= 0.3 is 5.97 Å². The normalized spacial score (nSPS) is 10.6. The number of carbonyl (C=O) groups is 2. The summed E-state index contributed by atoms with van der Waals surface area (Å²) in [5, 5.41) is 15.8. The van der Waals surface area contributed by atoms with Crippen LogP contribution in [0, 0.1) is 6.92 Å². The third kappa shape index (κ3) is 2.83. The fourth-order valence-electron chi connectivity index (χ4n) is 1.57. The molecule has 6 nitrogen and oxygen atoms in total. The Balaban J connectivity index is 2.04. The van der Waals surface area contributed by atoms with Gasteiger partial charge in [0.2, 0.25) is 0 Å². The van der Waals surface area contributed by atoms with Crippen LogP contribution in [0.5, 0.6) is 0 Å². The molecule has 0 saturated heterocycles. The van der Waals surface area contributed by atoms with Crippen LogP contribution in [-0.2, 0) is 13.6 Å². The molecule has 0 aliphatic rings. The Hall–Kier alpha value is -1.86. The monoisotopic (exact) mass is 313 g/mol. The topological polar surface area (TPSA) is 84.2 Å². The Bertz CT molecular complexity index is 678. The minimum Gasteiger partial charge on any atom is -0.477 e. The molecule has 0 spiro atoms. The fraction of sp³-hybridized carbons (Fsp3) is 0.250. The number of nitrogens with one attached hydrogen (secondary N) is 1. The van der Waals surface area contributed by atoms with Crippen molar-refractivity contribution >= 4 is 34.8 Å². The average molecular weight is 314 g/mol. The highest BCUT2D eigenvalue weighted by Gasteiger charge is 2.18. The first-order valence-corrected chi connectivity index (χ1v) is 6.89. The lowest BCUT2D eigenvalue weighted by atomic mass is 10.3. The number of hydrogen-bond donors (Lipinski definition) is 2. The molecule has 0 aliphatic heterocycles. The summed E-state index contributed by atoms with van der Waals surface area (Å²) in [6, 6.07) is 3.17. The van der Waals surface area contributed by atoms with Gasteiger partial charge in [0.25, 0.3) is 5.91 Å². The highest BCUT2D eigenvalue weighted by Crippen LogP contribution is 2.20. The van der Waals surface area contributed by atoms with Crippen LogP contribution < -0.4 is 5.32 Å². The summed E-state index contributed by atoms with van der Waals surface area (Å²) in [5.41, 5.74) is 0.878. The minimum absolute atomic E-state index is 0.168. The van der Waals surface area contributed by atoms with Crippen LogP contribution in [0.3, 0.4) is 0 Å². The summed E-state index contributed by atoms with van der Waals surface area (Å²) in [4.78, 5) is 23.7. The maximum absolute atomic E-state index is 12.0. The van der Waals surface area contributed by atoms with Gasteiger partial charge in [-0.25, -0.2) is 4.79 Å². The van der Waals surface area contributed by atoms with Gasteiger partial charge in [0, 0.05) is 11.9 Å². The Morgan fingerprint density at radius 3 is 2.70 bits per heavy atom. The standard InChI is InChI=1S/C12H12ClN3O3S/c1-6-9(13)10(15-16(6)2)11(17)14-5-7-3-4-8(20-7)12(18)19/h3-4H,5H2,1-2H3,(H,14,17)(H,18,19). The zero-order valence-corrected chi connectivity index (χ0v) is 12.4. The first-order valence-electron chi connectivity index (χ1n) is 5.69. The van der Waals surface area contributed by atoms with Crippen LogP contribution in [0.25, 0.3) is 0 Å². The summed E-state index contributed by atoms with van der Waals surface area (Å²) in [7, 11) is 1.70. The Labute approximate surface area is 124 Å². The number of halogens is 1. The van der Waals surface area contributed by atoms with Gasteiger partial charge in [0.05, 0.1) is 17.3 Å². The molecule has 2 rings (SSSR count). The first kappa shape index (κ1) is 14.5. The van der Waals surface area contributed by atoms with Gasteiger partial charge in [-0.15, -0.1) is 11.3 Å². The number of hydrogen-bond acceptors (Lipinski definition) is 4. The summed E-state index contributed by atoms with van der Waals surface area (Å²) in [6.07, 6.45) is 0. The van der Waals surface area contributed by atoms with Crippen molar-refractivity contribution in [1.29, 1.82) is 0 Å². The second kappa shape index (κ2) is 5.64. The maximum atomic E-state index is 12.0. The van der Waals surface area contributed by atoms with Crippen LogP contribution in [0.1, 0.15) is 30.7 Å². The predicted octanol–water partition coefficient (Wildman–Crippen LogP) is 2.07. The van der Waals surface area contributed by atoms with E-state index in [9.17, 15) is 9.59 Å². The van der Waals surface area contributed by atoms with Crippen LogP contribution in [0.4, 0.5) is 0 Å². The molecule has 0 unspecified atom stereocenters. The summed E-state index contributed by atoms with van der Waals surface area (Å²) >= 11 is 7.13. The van der Waals surface area contributed by atoms with Crippen molar-refractivity contribution in [3.8, 4) is 0 Å². The van der Waals surface area contributed by atoms with Crippen molar-refractivity contribution in [2.75, 3.05) is 0 Å². The van der Waals surface area contributed by atoms with Gasteiger partial charge in [-0.1, -0.05) is 11.6 Å². The predicted molar refractivity (Wildman–Crippen MR) is 75.4 cm³/mol. The molecule has 0 bridgehead atoms. The number of carbonyl (C=O) groups excluding carboxylic acids is 1. The minimum atomic E-state index is -0.976. The third-order valence-electron chi connectivity index (χ3n) is 2.77. The van der Waals surface area contributed by atoms with E-state index >= 15 is 0 Å². The fourth-order valence-corrected chi connectivity index (χ4v) is 2.60. The zero-order valence-electron chi connectivity index (χ0n) is 10.8. The molecular weight excluding hydrogens is 302 g/mol. The van der Waals surface area contributed by atoms with Gasteiger partial charge in [-0.2, -0.15) is 5.10 Å². The van der Waals surface area contributed by atoms with Gasteiger partial charge in [-0.05, 0) is 19.1 Å². The second-order valence-electron chi connectivity index (χ2n) is 4.13. The molecule has 2 aromatic rings. The number of amides is 1. The number of thiophene rings is 1. The first-order chi connectivity index (χ1) is 9.40. The van der Waals surface area contributed by atoms with E-state index in [1.54, 1.807) is 20.0 Å². The van der Waals surface area contributed by atoms with Crippen molar-refractivity contribution < 1.29 is 14.7 Å². The third-order valence-corrected chi connectivity index (χ3v) is 4.30. The molecule has 2 heterocycles. The molecule has 106 valence electrons. The lowest BCUT2D eigenvalue weighted by Crippen LogP contribution is -2.23. The van der Waals surface area contributed by atoms with Crippen molar-refractivity contribution in [3.63, 3.8) is 0 Å². The van der Waals surface area contributed by atoms with Crippen LogP contribution in [-0.4, -0.2) is 26.8 Å². The van der Waals surface area contributed by atoms with Crippen molar-refractivity contribution in [2.45, 2.75) is 13.5 Å². The van der Waals surface area contributed by atoms with Gasteiger partial charge < -0.3 is 10.4 Å². The second-order valence-corrected chi connectivity index (χ2v) is 5.67. The molecule has 0 aliphatic carbocycles. The number of aryl methyl sites for hydroxylation is 1. The van der Waals surface area contributed by atoms with E-state index in [1.165, 1.54) is 10.7 Å². The molecular formula is C12H12ClN3O3S. The number of carboxylic acid groups (broad SMARTS) is 1. The van der Waals surface area contributed by atoms with E-state index in [4.69, 9.17) is 16.7 Å². The molecule has 0 atom stereocenters. The number of carboxylic acids is 1. The van der Waals surface area contributed by atoms with Gasteiger partial charge in [0.1, 0.15) is 4.88 Å². The smallest absolute Gasteiger partial charge is 0.345 e. The Morgan fingerprint density at radius 2 is 2.20 bits per heavy atom. The number of aromatic carboxylic acids is 1. The Morgan fingerprint density at radius 1 is 1.50 bits per heavy atom. The lowest BCUT2D eigenvalue weighted by Gasteiger charge is -2.01.